The fourth-order valence-corrected chi connectivity index (χ4v) is 4.08. The van der Waals surface area contributed by atoms with Crippen molar-refractivity contribution in [3.05, 3.63) is 29.8 Å². The standard InChI is InChI=1S/C17H22N2O/c18-13-5-3-4-12(10-13)16(20)19-11-17(8-9-17)14-6-1-2-7-15(14)19/h1-2,6-7,12-13H,3-5,8-11,18H2. The second kappa shape index (κ2) is 4.32. The van der Waals surface area contributed by atoms with Gasteiger partial charge in [-0.05, 0) is 43.7 Å². The number of benzene rings is 1. The number of anilines is 1. The Labute approximate surface area is 120 Å². The molecule has 0 bridgehead atoms. The summed E-state index contributed by atoms with van der Waals surface area (Å²) < 4.78 is 0. The molecule has 1 aromatic rings. The maximum Gasteiger partial charge on any atom is 0.230 e. The summed E-state index contributed by atoms with van der Waals surface area (Å²) in [4.78, 5) is 15.0. The molecule has 3 aliphatic rings. The normalized spacial score (nSPS) is 30.4. The van der Waals surface area contributed by atoms with E-state index < -0.39 is 0 Å². The quantitative estimate of drug-likeness (QED) is 0.852. The number of amides is 1. The van der Waals surface area contributed by atoms with E-state index in [4.69, 9.17) is 5.73 Å². The van der Waals surface area contributed by atoms with Gasteiger partial charge in [0.15, 0.2) is 0 Å². The highest BCUT2D eigenvalue weighted by Crippen LogP contribution is 2.56. The number of rotatable bonds is 1. The van der Waals surface area contributed by atoms with Crippen molar-refractivity contribution in [2.24, 2.45) is 11.7 Å². The van der Waals surface area contributed by atoms with Crippen LogP contribution in [0, 0.1) is 5.92 Å². The first-order chi connectivity index (χ1) is 9.70. The third-order valence-corrected chi connectivity index (χ3v) is 5.41. The molecule has 2 aliphatic carbocycles. The van der Waals surface area contributed by atoms with E-state index in [9.17, 15) is 4.79 Å². The van der Waals surface area contributed by atoms with Gasteiger partial charge in [-0.1, -0.05) is 24.6 Å². The molecule has 1 amide bonds. The van der Waals surface area contributed by atoms with Gasteiger partial charge in [0, 0.05) is 29.6 Å². The Bertz CT molecular complexity index is 550. The first-order valence-electron chi connectivity index (χ1n) is 7.86. The van der Waals surface area contributed by atoms with Crippen LogP contribution in [0.5, 0.6) is 0 Å². The Morgan fingerprint density at radius 2 is 2.05 bits per heavy atom. The Hall–Kier alpha value is -1.35. The van der Waals surface area contributed by atoms with Crippen LogP contribution >= 0.6 is 0 Å². The SMILES string of the molecule is NC1CCCC(C(=O)N2CC3(CC3)c3ccccc32)C1. The molecular formula is C17H22N2O. The lowest BCUT2D eigenvalue weighted by Gasteiger charge is -2.29. The van der Waals surface area contributed by atoms with Crippen LogP contribution in [0.25, 0.3) is 0 Å². The number of nitrogens with zero attached hydrogens (tertiary/aromatic N) is 1. The highest BCUT2D eigenvalue weighted by atomic mass is 16.2. The van der Waals surface area contributed by atoms with Crippen molar-refractivity contribution >= 4 is 11.6 Å². The molecule has 0 aromatic heterocycles. The predicted molar refractivity (Wildman–Crippen MR) is 79.6 cm³/mol. The zero-order chi connectivity index (χ0) is 13.7. The smallest absolute Gasteiger partial charge is 0.230 e. The summed E-state index contributed by atoms with van der Waals surface area (Å²) >= 11 is 0. The molecule has 2 N–H and O–H groups in total. The molecule has 4 rings (SSSR count). The van der Waals surface area contributed by atoms with Crippen LogP contribution in [-0.4, -0.2) is 18.5 Å². The molecule has 2 atom stereocenters. The summed E-state index contributed by atoms with van der Waals surface area (Å²) in [6.07, 6.45) is 6.52. The molecule has 1 aliphatic heterocycles. The second-order valence-corrected chi connectivity index (χ2v) is 6.85. The first kappa shape index (κ1) is 12.4. The molecule has 0 saturated heterocycles. The summed E-state index contributed by atoms with van der Waals surface area (Å²) in [6.45, 7) is 0.900. The maximum absolute atomic E-state index is 12.9. The molecule has 3 nitrogen and oxygen atoms in total. The maximum atomic E-state index is 12.9. The number of carbonyl (C=O) groups excluding carboxylic acids is 1. The van der Waals surface area contributed by atoms with Crippen LogP contribution in [0.15, 0.2) is 24.3 Å². The van der Waals surface area contributed by atoms with E-state index in [1.165, 1.54) is 18.4 Å². The number of hydrogen-bond acceptors (Lipinski definition) is 2. The second-order valence-electron chi connectivity index (χ2n) is 6.85. The van der Waals surface area contributed by atoms with E-state index in [1.807, 2.05) is 6.07 Å². The predicted octanol–water partition coefficient (Wildman–Crippen LogP) is 2.58. The van der Waals surface area contributed by atoms with Gasteiger partial charge in [-0.15, -0.1) is 0 Å². The third kappa shape index (κ3) is 1.80. The van der Waals surface area contributed by atoms with Crippen LogP contribution < -0.4 is 10.6 Å². The van der Waals surface area contributed by atoms with Crippen LogP contribution in [-0.2, 0) is 10.2 Å². The summed E-state index contributed by atoms with van der Waals surface area (Å²) in [6, 6.07) is 8.69. The van der Waals surface area contributed by atoms with Crippen molar-refractivity contribution in [2.75, 3.05) is 11.4 Å². The third-order valence-electron chi connectivity index (χ3n) is 5.41. The van der Waals surface area contributed by atoms with E-state index in [1.54, 1.807) is 0 Å². The van der Waals surface area contributed by atoms with Gasteiger partial charge >= 0.3 is 0 Å². The number of fused-ring (bicyclic) bond motifs is 2. The number of carbonyl (C=O) groups is 1. The molecule has 1 spiro atoms. The monoisotopic (exact) mass is 270 g/mol. The minimum atomic E-state index is 0.140. The Morgan fingerprint density at radius 3 is 2.80 bits per heavy atom. The number of nitrogens with two attached hydrogens (primary N) is 1. The van der Waals surface area contributed by atoms with E-state index in [0.717, 1.165) is 37.9 Å². The van der Waals surface area contributed by atoms with Gasteiger partial charge in [-0.2, -0.15) is 0 Å². The van der Waals surface area contributed by atoms with Crippen molar-refractivity contribution < 1.29 is 4.79 Å². The van der Waals surface area contributed by atoms with E-state index in [-0.39, 0.29) is 12.0 Å². The highest BCUT2D eigenvalue weighted by Gasteiger charge is 2.53. The van der Waals surface area contributed by atoms with Gasteiger partial charge in [0.2, 0.25) is 5.91 Å². The van der Waals surface area contributed by atoms with Crippen LogP contribution in [0.3, 0.4) is 0 Å². The minimum absolute atomic E-state index is 0.140. The molecule has 106 valence electrons. The summed E-state index contributed by atoms with van der Waals surface area (Å²) in [7, 11) is 0. The average molecular weight is 270 g/mol. The van der Waals surface area contributed by atoms with Crippen molar-refractivity contribution in [1.29, 1.82) is 0 Å². The average Bonchev–Trinajstić information content (AvgIpc) is 3.17. The summed E-state index contributed by atoms with van der Waals surface area (Å²) in [5.74, 6) is 0.456. The van der Waals surface area contributed by atoms with Crippen LogP contribution in [0.4, 0.5) is 5.69 Å². The van der Waals surface area contributed by atoms with Crippen molar-refractivity contribution in [3.63, 3.8) is 0 Å². The molecule has 1 heterocycles. The molecule has 2 saturated carbocycles. The molecule has 0 radical (unpaired) electrons. The van der Waals surface area contributed by atoms with Gasteiger partial charge in [-0.25, -0.2) is 0 Å². The van der Waals surface area contributed by atoms with Crippen LogP contribution in [0.1, 0.15) is 44.1 Å². The molecular weight excluding hydrogens is 248 g/mol. The number of para-hydroxylation sites is 1. The first-order valence-corrected chi connectivity index (χ1v) is 7.86. The molecule has 20 heavy (non-hydrogen) atoms. The van der Waals surface area contributed by atoms with Crippen molar-refractivity contribution in [1.82, 2.24) is 0 Å². The van der Waals surface area contributed by atoms with Gasteiger partial charge in [0.1, 0.15) is 0 Å². The van der Waals surface area contributed by atoms with Gasteiger partial charge in [-0.3, -0.25) is 4.79 Å². The topological polar surface area (TPSA) is 46.3 Å². The lowest BCUT2D eigenvalue weighted by atomic mass is 9.85. The Balaban J connectivity index is 1.62. The minimum Gasteiger partial charge on any atom is -0.328 e. The summed E-state index contributed by atoms with van der Waals surface area (Å²) in [5, 5.41) is 0. The zero-order valence-corrected chi connectivity index (χ0v) is 11.8. The molecule has 2 unspecified atom stereocenters. The fraction of sp³-hybridized carbons (Fsp3) is 0.588. The van der Waals surface area contributed by atoms with E-state index in [0.29, 0.717) is 11.3 Å². The van der Waals surface area contributed by atoms with Gasteiger partial charge in [0.25, 0.3) is 0 Å². The highest BCUT2D eigenvalue weighted by molar-refractivity contribution is 5.98. The lowest BCUT2D eigenvalue weighted by Crippen LogP contribution is -2.41. The van der Waals surface area contributed by atoms with Crippen molar-refractivity contribution in [3.8, 4) is 0 Å². The van der Waals surface area contributed by atoms with Crippen molar-refractivity contribution in [2.45, 2.75) is 50.0 Å². The summed E-state index contributed by atoms with van der Waals surface area (Å²) in [5.41, 5.74) is 8.90. The Morgan fingerprint density at radius 1 is 1.25 bits per heavy atom. The van der Waals surface area contributed by atoms with E-state index in [2.05, 4.69) is 23.1 Å². The lowest BCUT2D eigenvalue weighted by molar-refractivity contribution is -0.123. The van der Waals surface area contributed by atoms with E-state index >= 15 is 0 Å². The van der Waals surface area contributed by atoms with Crippen LogP contribution in [0.2, 0.25) is 0 Å². The van der Waals surface area contributed by atoms with Gasteiger partial charge < -0.3 is 10.6 Å². The van der Waals surface area contributed by atoms with Gasteiger partial charge in [0.05, 0.1) is 0 Å². The molecule has 2 fully saturated rings. The Kier molecular flexibility index (Phi) is 2.68. The fourth-order valence-electron chi connectivity index (χ4n) is 4.08. The number of hydrogen-bond donors (Lipinski definition) is 1. The zero-order valence-electron chi connectivity index (χ0n) is 11.8. The molecule has 1 aromatic carbocycles. The largest absolute Gasteiger partial charge is 0.328 e. The molecule has 3 heteroatoms.